The Labute approximate surface area is 86.8 Å². The van der Waals surface area contributed by atoms with Crippen LogP contribution in [0.4, 0.5) is 5.69 Å². The molecular formula is C7H3BrClNO3. The van der Waals surface area contributed by atoms with Crippen LogP contribution in [0.5, 0.6) is 0 Å². The highest BCUT2D eigenvalue weighted by Gasteiger charge is 2.18. The lowest BCUT2D eigenvalue weighted by Gasteiger charge is -1.97. The molecule has 13 heavy (non-hydrogen) atoms. The van der Waals surface area contributed by atoms with E-state index in [-0.39, 0.29) is 11.3 Å². The lowest BCUT2D eigenvalue weighted by atomic mass is 10.2. The van der Waals surface area contributed by atoms with Crippen LogP contribution in [0.3, 0.4) is 0 Å². The van der Waals surface area contributed by atoms with Crippen LogP contribution >= 0.6 is 27.5 Å². The van der Waals surface area contributed by atoms with Crippen molar-refractivity contribution >= 4 is 38.5 Å². The highest BCUT2D eigenvalue weighted by Crippen LogP contribution is 2.24. The molecule has 0 atom stereocenters. The molecule has 0 aliphatic heterocycles. The van der Waals surface area contributed by atoms with Gasteiger partial charge in [-0.25, -0.2) is 0 Å². The van der Waals surface area contributed by atoms with Crippen molar-refractivity contribution in [2.45, 2.75) is 0 Å². The topological polar surface area (TPSA) is 60.2 Å². The molecule has 1 aromatic carbocycles. The van der Waals surface area contributed by atoms with Gasteiger partial charge in [-0.1, -0.05) is 15.9 Å². The number of nitrogens with zero attached hydrogens (tertiary/aromatic N) is 1. The first-order valence-corrected chi connectivity index (χ1v) is 4.33. The van der Waals surface area contributed by atoms with Gasteiger partial charge in [0.2, 0.25) is 0 Å². The van der Waals surface area contributed by atoms with Crippen molar-refractivity contribution in [3.05, 3.63) is 38.3 Å². The molecule has 0 aromatic heterocycles. The Morgan fingerprint density at radius 2 is 2.15 bits per heavy atom. The number of nitro groups is 1. The lowest BCUT2D eigenvalue weighted by molar-refractivity contribution is -0.385. The second-order valence-electron chi connectivity index (χ2n) is 2.19. The number of nitro benzene ring substituents is 1. The number of hydrogen-bond donors (Lipinski definition) is 0. The van der Waals surface area contributed by atoms with Crippen LogP contribution in [0, 0.1) is 10.1 Å². The summed E-state index contributed by atoms with van der Waals surface area (Å²) >= 11 is 8.24. The van der Waals surface area contributed by atoms with Crippen LogP contribution in [0.25, 0.3) is 0 Å². The van der Waals surface area contributed by atoms with Crippen LogP contribution in [-0.2, 0) is 0 Å². The van der Waals surface area contributed by atoms with Crippen molar-refractivity contribution in [3.63, 3.8) is 0 Å². The van der Waals surface area contributed by atoms with Gasteiger partial charge in [-0.05, 0) is 23.7 Å². The Kier molecular flexibility index (Phi) is 3.00. The Bertz CT molecular complexity index is 380. The number of carbonyl (C=O) groups is 1. The van der Waals surface area contributed by atoms with E-state index in [9.17, 15) is 14.9 Å². The molecule has 68 valence electrons. The van der Waals surface area contributed by atoms with E-state index in [1.54, 1.807) is 0 Å². The van der Waals surface area contributed by atoms with Crippen LogP contribution in [0.15, 0.2) is 22.7 Å². The molecule has 0 unspecified atom stereocenters. The van der Waals surface area contributed by atoms with Gasteiger partial charge < -0.3 is 0 Å². The van der Waals surface area contributed by atoms with Crippen molar-refractivity contribution < 1.29 is 9.72 Å². The third-order valence-electron chi connectivity index (χ3n) is 1.37. The van der Waals surface area contributed by atoms with Gasteiger partial charge in [-0.2, -0.15) is 0 Å². The average molecular weight is 264 g/mol. The Balaban J connectivity index is 3.35. The molecule has 0 N–H and O–H groups in total. The number of hydrogen-bond acceptors (Lipinski definition) is 3. The molecule has 0 spiro atoms. The molecule has 0 radical (unpaired) electrons. The second-order valence-corrected chi connectivity index (χ2v) is 3.45. The standard InChI is InChI=1S/C7H3BrClNO3/c8-4-1-2-6(10(12)13)5(3-4)7(9)11/h1-3H. The molecule has 6 heteroatoms. The zero-order chi connectivity index (χ0) is 10.0. The minimum atomic E-state index is -0.840. The molecule has 0 aliphatic carbocycles. The van der Waals surface area contributed by atoms with Crippen LogP contribution in [0.2, 0.25) is 0 Å². The highest BCUT2D eigenvalue weighted by molar-refractivity contribution is 9.10. The van der Waals surface area contributed by atoms with E-state index in [0.717, 1.165) is 0 Å². The molecule has 1 aromatic rings. The van der Waals surface area contributed by atoms with E-state index in [2.05, 4.69) is 15.9 Å². The molecule has 4 nitrogen and oxygen atoms in total. The quantitative estimate of drug-likeness (QED) is 0.469. The van der Waals surface area contributed by atoms with Gasteiger partial charge in [0.1, 0.15) is 5.56 Å². The fraction of sp³-hybridized carbons (Fsp3) is 0. The molecule has 0 fully saturated rings. The fourth-order valence-electron chi connectivity index (χ4n) is 0.825. The number of carbonyl (C=O) groups excluding carboxylic acids is 1. The zero-order valence-electron chi connectivity index (χ0n) is 6.16. The summed E-state index contributed by atoms with van der Waals surface area (Å²) in [5.41, 5.74) is -0.399. The molecule has 0 heterocycles. The SMILES string of the molecule is O=C(Cl)c1cc(Br)ccc1[N+](=O)[O-]. The Morgan fingerprint density at radius 3 is 2.62 bits per heavy atom. The first-order valence-electron chi connectivity index (χ1n) is 3.16. The lowest BCUT2D eigenvalue weighted by Crippen LogP contribution is -1.97. The molecule has 0 saturated carbocycles. The first-order chi connectivity index (χ1) is 6.02. The molecule has 0 aliphatic rings. The number of benzene rings is 1. The summed E-state index contributed by atoms with van der Waals surface area (Å²) in [4.78, 5) is 20.5. The predicted octanol–water partition coefficient (Wildman–Crippen LogP) is 2.74. The smallest absolute Gasteiger partial charge is 0.275 e. The Morgan fingerprint density at radius 1 is 1.54 bits per heavy atom. The molecule has 0 bridgehead atoms. The van der Waals surface area contributed by atoms with Gasteiger partial charge in [-0.3, -0.25) is 14.9 Å². The minimum Gasteiger partial charge on any atom is -0.275 e. The van der Waals surface area contributed by atoms with Gasteiger partial charge in [-0.15, -0.1) is 0 Å². The zero-order valence-corrected chi connectivity index (χ0v) is 8.50. The maximum atomic E-state index is 10.8. The van der Waals surface area contributed by atoms with Crippen molar-refractivity contribution in [2.75, 3.05) is 0 Å². The van der Waals surface area contributed by atoms with Crippen LogP contribution < -0.4 is 0 Å². The van der Waals surface area contributed by atoms with Crippen LogP contribution in [0.1, 0.15) is 10.4 Å². The van der Waals surface area contributed by atoms with Gasteiger partial charge >= 0.3 is 0 Å². The summed E-state index contributed by atoms with van der Waals surface area (Å²) in [5, 5.41) is 9.58. The van der Waals surface area contributed by atoms with E-state index < -0.39 is 10.2 Å². The van der Waals surface area contributed by atoms with Crippen molar-refractivity contribution in [1.29, 1.82) is 0 Å². The van der Waals surface area contributed by atoms with Crippen LogP contribution in [-0.4, -0.2) is 10.2 Å². The Hall–Kier alpha value is -0.940. The molecule has 1 rings (SSSR count). The van der Waals surface area contributed by atoms with E-state index in [4.69, 9.17) is 11.6 Å². The van der Waals surface area contributed by atoms with Gasteiger partial charge in [0.25, 0.3) is 10.9 Å². The van der Waals surface area contributed by atoms with Gasteiger partial charge in [0.05, 0.1) is 4.92 Å². The number of rotatable bonds is 2. The maximum absolute atomic E-state index is 10.8. The summed E-state index contributed by atoms with van der Waals surface area (Å²) in [7, 11) is 0. The van der Waals surface area contributed by atoms with E-state index in [1.807, 2.05) is 0 Å². The van der Waals surface area contributed by atoms with Crippen molar-refractivity contribution in [2.24, 2.45) is 0 Å². The molecule has 0 amide bonds. The highest BCUT2D eigenvalue weighted by atomic mass is 79.9. The van der Waals surface area contributed by atoms with Crippen molar-refractivity contribution in [1.82, 2.24) is 0 Å². The summed E-state index contributed by atoms with van der Waals surface area (Å²) in [6.45, 7) is 0. The van der Waals surface area contributed by atoms with Gasteiger partial charge in [0, 0.05) is 10.5 Å². The third-order valence-corrected chi connectivity index (χ3v) is 2.06. The summed E-state index contributed by atoms with van der Waals surface area (Å²) < 4.78 is 0.571. The molecule has 0 saturated heterocycles. The number of halogens is 2. The third kappa shape index (κ3) is 2.26. The fourth-order valence-corrected chi connectivity index (χ4v) is 1.34. The normalized spacial score (nSPS) is 9.69. The summed E-state index contributed by atoms with van der Waals surface area (Å²) in [5.74, 6) is 0. The second kappa shape index (κ2) is 3.85. The van der Waals surface area contributed by atoms with Crippen molar-refractivity contribution in [3.8, 4) is 0 Å². The van der Waals surface area contributed by atoms with Gasteiger partial charge in [0.15, 0.2) is 0 Å². The van der Waals surface area contributed by atoms with E-state index >= 15 is 0 Å². The molecular weight excluding hydrogens is 261 g/mol. The van der Waals surface area contributed by atoms with E-state index in [1.165, 1.54) is 18.2 Å². The average Bonchev–Trinajstić information content (AvgIpc) is 2.03. The van der Waals surface area contributed by atoms with E-state index in [0.29, 0.717) is 4.47 Å². The monoisotopic (exact) mass is 263 g/mol. The minimum absolute atomic E-state index is 0.110. The summed E-state index contributed by atoms with van der Waals surface area (Å²) in [6.07, 6.45) is 0. The largest absolute Gasteiger partial charge is 0.281 e. The predicted molar refractivity (Wildman–Crippen MR) is 51.0 cm³/mol. The maximum Gasteiger partial charge on any atom is 0.281 e. The summed E-state index contributed by atoms with van der Waals surface area (Å²) in [6, 6.07) is 4.01. The first kappa shape index (κ1) is 10.1.